The van der Waals surface area contributed by atoms with Crippen molar-refractivity contribution in [1.29, 1.82) is 0 Å². The summed E-state index contributed by atoms with van der Waals surface area (Å²) in [5.41, 5.74) is 4.35. The minimum atomic E-state index is -1.31. The number of carbonyl (C=O) groups excluding carboxylic acids is 2. The van der Waals surface area contributed by atoms with Crippen molar-refractivity contribution in [3.8, 4) is 11.1 Å². The van der Waals surface area contributed by atoms with Crippen molar-refractivity contribution in [1.82, 2.24) is 9.99 Å². The number of carboxylic acids is 1. The number of carbonyl (C=O) groups is 2. The summed E-state index contributed by atoms with van der Waals surface area (Å²) in [6, 6.07) is 22.0. The molecule has 0 fully saturated rings. The third kappa shape index (κ3) is 5.28. The highest BCUT2D eigenvalue weighted by Crippen LogP contribution is 2.38. The lowest BCUT2D eigenvalue weighted by Crippen LogP contribution is -2.29. The lowest BCUT2D eigenvalue weighted by atomic mass is 9.91. The summed E-state index contributed by atoms with van der Waals surface area (Å²) in [6.45, 7) is 0. The molecule has 1 atom stereocenters. The van der Waals surface area contributed by atoms with E-state index in [-0.39, 0.29) is 18.4 Å². The van der Waals surface area contributed by atoms with Crippen molar-refractivity contribution in [3.63, 3.8) is 0 Å². The Morgan fingerprint density at radius 3 is 2.41 bits per heavy atom. The van der Waals surface area contributed by atoms with Crippen LogP contribution >= 0.6 is 11.6 Å². The predicted molar refractivity (Wildman–Crippen MR) is 151 cm³/mol. The van der Waals surface area contributed by atoms with Crippen LogP contribution in [0.5, 0.6) is 0 Å². The van der Waals surface area contributed by atoms with E-state index in [2.05, 4.69) is 10.1 Å². The largest absolute Gasteiger partial charge is 0.550 e. The number of halogens is 1. The van der Waals surface area contributed by atoms with E-state index in [0.29, 0.717) is 27.4 Å². The predicted octanol–water partition coefficient (Wildman–Crippen LogP) is 4.12. The molecule has 1 aromatic heterocycles. The van der Waals surface area contributed by atoms with Crippen LogP contribution in [0.4, 0.5) is 5.69 Å². The molecule has 9 heteroatoms. The van der Waals surface area contributed by atoms with E-state index in [1.165, 1.54) is 5.01 Å². The summed E-state index contributed by atoms with van der Waals surface area (Å²) in [6.07, 6.45) is -0.412. The van der Waals surface area contributed by atoms with E-state index in [4.69, 9.17) is 11.6 Å². The summed E-state index contributed by atoms with van der Waals surface area (Å²) in [7, 11) is 3.87. The van der Waals surface area contributed by atoms with Crippen molar-refractivity contribution in [2.24, 2.45) is 5.10 Å². The molecule has 5 rings (SSSR count). The lowest BCUT2D eigenvalue weighted by Gasteiger charge is -2.23. The third-order valence-electron chi connectivity index (χ3n) is 6.83. The van der Waals surface area contributed by atoms with Crippen molar-refractivity contribution >= 4 is 45.8 Å². The standard InChI is InChI=1S/C30H27ClN4O4/c1-34(2)21-11-8-18(9-12-21)25-17-24(33-35(25)26(36)14-15-27(37)38)29-28(19-6-4-3-5-7-19)22-16-20(31)10-13-23(22)32-30(29)39/h3-13,16,25H,14-15,17H2,1-2H3,(H,32,39)(H,37,38)/p-1/t25-/m0/s1. The van der Waals surface area contributed by atoms with Crippen LogP contribution in [0.1, 0.15) is 36.4 Å². The molecule has 39 heavy (non-hydrogen) atoms. The number of nitrogens with one attached hydrogen (secondary N) is 1. The smallest absolute Gasteiger partial charge is 0.258 e. The van der Waals surface area contributed by atoms with Gasteiger partial charge in [0.2, 0.25) is 5.91 Å². The highest BCUT2D eigenvalue weighted by atomic mass is 35.5. The molecule has 1 amide bonds. The van der Waals surface area contributed by atoms with Gasteiger partial charge in [-0.2, -0.15) is 5.10 Å². The number of aromatic nitrogens is 1. The zero-order valence-electron chi connectivity index (χ0n) is 21.5. The average molecular weight is 542 g/mol. The maximum Gasteiger partial charge on any atom is 0.258 e. The molecule has 2 heterocycles. The Hall–Kier alpha value is -4.43. The lowest BCUT2D eigenvalue weighted by molar-refractivity contribution is -0.305. The Morgan fingerprint density at radius 1 is 1.03 bits per heavy atom. The number of pyridine rings is 1. The monoisotopic (exact) mass is 541 g/mol. The first-order valence-electron chi connectivity index (χ1n) is 12.5. The Kier molecular flexibility index (Phi) is 7.21. The van der Waals surface area contributed by atoms with E-state index in [1.54, 1.807) is 18.2 Å². The first-order chi connectivity index (χ1) is 18.7. The molecule has 3 aromatic carbocycles. The summed E-state index contributed by atoms with van der Waals surface area (Å²) in [4.78, 5) is 42.8. The number of rotatable bonds is 7. The third-order valence-corrected chi connectivity index (χ3v) is 7.07. The quantitative estimate of drug-likeness (QED) is 0.378. The van der Waals surface area contributed by atoms with Crippen molar-refractivity contribution in [2.45, 2.75) is 25.3 Å². The second-order valence-electron chi connectivity index (χ2n) is 9.62. The maximum absolute atomic E-state index is 13.6. The summed E-state index contributed by atoms with van der Waals surface area (Å²) in [5.74, 6) is -1.77. The molecule has 198 valence electrons. The first-order valence-corrected chi connectivity index (χ1v) is 12.9. The minimum Gasteiger partial charge on any atom is -0.550 e. The van der Waals surface area contributed by atoms with Crippen LogP contribution in [0.2, 0.25) is 5.02 Å². The number of nitrogens with zero attached hydrogens (tertiary/aromatic N) is 3. The molecule has 0 spiro atoms. The second-order valence-corrected chi connectivity index (χ2v) is 10.1. The Morgan fingerprint density at radius 2 is 1.74 bits per heavy atom. The highest BCUT2D eigenvalue weighted by Gasteiger charge is 2.35. The molecule has 0 unspecified atom stereocenters. The Bertz CT molecular complexity index is 1650. The number of hydrazone groups is 1. The number of fused-ring (bicyclic) bond motifs is 1. The Labute approximate surface area is 230 Å². The molecule has 0 saturated heterocycles. The van der Waals surface area contributed by atoms with Gasteiger partial charge in [-0.1, -0.05) is 54.1 Å². The topological polar surface area (TPSA) is 109 Å². The zero-order valence-corrected chi connectivity index (χ0v) is 22.2. The van der Waals surface area contributed by atoms with E-state index < -0.39 is 24.3 Å². The number of anilines is 1. The van der Waals surface area contributed by atoms with Gasteiger partial charge in [0.05, 0.1) is 17.3 Å². The zero-order chi connectivity index (χ0) is 27.7. The van der Waals surface area contributed by atoms with Crippen LogP contribution in [0.25, 0.3) is 22.0 Å². The molecule has 0 radical (unpaired) electrons. The number of aromatic amines is 1. The summed E-state index contributed by atoms with van der Waals surface area (Å²) >= 11 is 6.36. The van der Waals surface area contributed by atoms with Crippen LogP contribution in [0.15, 0.2) is 82.7 Å². The molecule has 1 aliphatic heterocycles. The van der Waals surface area contributed by atoms with Gasteiger partial charge in [0.25, 0.3) is 5.56 Å². The van der Waals surface area contributed by atoms with Gasteiger partial charge in [-0.3, -0.25) is 9.59 Å². The van der Waals surface area contributed by atoms with Crippen molar-refractivity contribution < 1.29 is 14.7 Å². The van der Waals surface area contributed by atoms with Gasteiger partial charge in [-0.15, -0.1) is 0 Å². The molecule has 0 aliphatic carbocycles. The second kappa shape index (κ2) is 10.7. The minimum absolute atomic E-state index is 0.263. The number of hydrogen-bond acceptors (Lipinski definition) is 6. The number of benzene rings is 3. The van der Waals surface area contributed by atoms with Crippen LogP contribution < -0.4 is 15.6 Å². The molecule has 0 bridgehead atoms. The van der Waals surface area contributed by atoms with Crippen LogP contribution in [-0.2, 0) is 9.59 Å². The molecular weight excluding hydrogens is 516 g/mol. The normalized spacial score (nSPS) is 14.9. The van der Waals surface area contributed by atoms with Gasteiger partial charge >= 0.3 is 0 Å². The molecular formula is C30H26ClN4O4-. The fourth-order valence-electron chi connectivity index (χ4n) is 4.91. The van der Waals surface area contributed by atoms with E-state index >= 15 is 0 Å². The molecule has 4 aromatic rings. The number of hydrogen-bond donors (Lipinski definition) is 1. The first kappa shape index (κ1) is 26.2. The fourth-order valence-corrected chi connectivity index (χ4v) is 5.09. The number of aliphatic carboxylic acids is 1. The van der Waals surface area contributed by atoms with Gasteiger partial charge in [0.15, 0.2) is 0 Å². The molecule has 1 N–H and O–H groups in total. The summed E-state index contributed by atoms with van der Waals surface area (Å²) in [5, 5.41) is 18.3. The molecule has 8 nitrogen and oxygen atoms in total. The van der Waals surface area contributed by atoms with Gasteiger partial charge in [-0.05, 0) is 47.9 Å². The van der Waals surface area contributed by atoms with E-state index in [9.17, 15) is 19.5 Å². The van der Waals surface area contributed by atoms with Gasteiger partial charge in [0.1, 0.15) is 0 Å². The number of carboxylic acid groups (broad SMARTS) is 1. The van der Waals surface area contributed by atoms with Gasteiger partial charge in [-0.25, -0.2) is 5.01 Å². The van der Waals surface area contributed by atoms with Crippen LogP contribution in [0, 0.1) is 0 Å². The average Bonchev–Trinajstić information content (AvgIpc) is 3.37. The van der Waals surface area contributed by atoms with Crippen LogP contribution in [0.3, 0.4) is 0 Å². The van der Waals surface area contributed by atoms with E-state index in [1.807, 2.05) is 73.6 Å². The maximum atomic E-state index is 13.6. The number of H-pyrrole nitrogens is 1. The highest BCUT2D eigenvalue weighted by molar-refractivity contribution is 6.31. The van der Waals surface area contributed by atoms with Crippen molar-refractivity contribution in [2.75, 3.05) is 19.0 Å². The van der Waals surface area contributed by atoms with Gasteiger partial charge < -0.3 is 19.8 Å². The van der Waals surface area contributed by atoms with Gasteiger partial charge in [0, 0.05) is 60.1 Å². The molecule has 1 aliphatic rings. The molecule has 0 saturated carbocycles. The number of amides is 1. The summed E-state index contributed by atoms with van der Waals surface area (Å²) < 4.78 is 0. The SMILES string of the molecule is CN(C)c1ccc([C@@H]2CC(c3c(-c4ccccc4)c4cc(Cl)ccc4[nH]c3=O)=NN2C(=O)CCC(=O)[O-])cc1. The van der Waals surface area contributed by atoms with Crippen LogP contribution in [-0.4, -0.2) is 41.7 Å². The van der Waals surface area contributed by atoms with E-state index in [0.717, 1.165) is 22.2 Å². The fraction of sp³-hybridized carbons (Fsp3) is 0.200. The van der Waals surface area contributed by atoms with Crippen molar-refractivity contribution in [3.05, 3.63) is 99.3 Å². The Balaban J connectivity index is 1.67.